The lowest BCUT2D eigenvalue weighted by molar-refractivity contribution is 0.539. The van der Waals surface area contributed by atoms with Crippen molar-refractivity contribution in [1.82, 2.24) is 0 Å². The molecule has 0 aromatic heterocycles. The highest BCUT2D eigenvalue weighted by Crippen LogP contribution is 2.19. The summed E-state index contributed by atoms with van der Waals surface area (Å²) in [6.45, 7) is 0. The molecular formula is CHBrF2O4S2. The average molecular weight is 259 g/mol. The molecule has 0 fully saturated rings. The highest BCUT2D eigenvalue weighted by molar-refractivity contribution is 9.12. The normalized spacial score (nSPS) is 14.0. The molecule has 0 heterocycles. The Morgan fingerprint density at radius 1 is 1.00 bits per heavy atom. The van der Waals surface area contributed by atoms with E-state index < -0.39 is 23.9 Å². The van der Waals surface area contributed by atoms with Gasteiger partial charge in [-0.25, -0.2) is 0 Å². The number of hydrogen-bond acceptors (Lipinski definition) is 4. The number of halogens is 3. The molecule has 10 heavy (non-hydrogen) atoms. The van der Waals surface area contributed by atoms with Crippen LogP contribution in [0.25, 0.3) is 0 Å². The molecule has 4 nitrogen and oxygen atoms in total. The first-order chi connectivity index (χ1) is 4.15. The van der Waals surface area contributed by atoms with Gasteiger partial charge in [0.25, 0.3) is 3.49 Å². The molecule has 0 unspecified atom stereocenters. The van der Waals surface area contributed by atoms with Crippen LogP contribution in [0.4, 0.5) is 7.77 Å². The Bertz CT molecular complexity index is 270. The second-order valence-electron chi connectivity index (χ2n) is 1.23. The van der Waals surface area contributed by atoms with Crippen LogP contribution in [0.5, 0.6) is 0 Å². The molecule has 0 aliphatic rings. The second-order valence-corrected chi connectivity index (χ2v) is 6.50. The van der Waals surface area contributed by atoms with E-state index in [4.69, 9.17) is 0 Å². The summed E-state index contributed by atoms with van der Waals surface area (Å²) in [5, 5.41) is 0. The van der Waals surface area contributed by atoms with E-state index in [1.807, 2.05) is 0 Å². The van der Waals surface area contributed by atoms with Crippen LogP contribution in [0.1, 0.15) is 0 Å². The van der Waals surface area contributed by atoms with Gasteiger partial charge in [0.15, 0.2) is 0 Å². The zero-order chi connectivity index (χ0) is 8.58. The molecule has 62 valence electrons. The quantitative estimate of drug-likeness (QED) is 0.527. The van der Waals surface area contributed by atoms with Crippen molar-refractivity contribution in [1.29, 1.82) is 0 Å². The van der Waals surface area contributed by atoms with Gasteiger partial charge >= 0.3 is 20.4 Å². The first-order valence-corrected chi connectivity index (χ1v) is 5.47. The van der Waals surface area contributed by atoms with Crippen molar-refractivity contribution >= 4 is 36.4 Å². The predicted octanol–water partition coefficient (Wildman–Crippen LogP) is 0.264. The number of hydrogen-bond donors (Lipinski definition) is 0. The van der Waals surface area contributed by atoms with Gasteiger partial charge in [0.1, 0.15) is 0 Å². The Kier molecular flexibility index (Phi) is 2.77. The molecule has 0 spiro atoms. The zero-order valence-electron chi connectivity index (χ0n) is 4.16. The summed E-state index contributed by atoms with van der Waals surface area (Å²) >= 11 is 1.79. The van der Waals surface area contributed by atoms with Crippen molar-refractivity contribution in [3.05, 3.63) is 0 Å². The fourth-order valence-electron chi connectivity index (χ4n) is 0.137. The summed E-state index contributed by atoms with van der Waals surface area (Å²) in [4.78, 5) is 0. The van der Waals surface area contributed by atoms with E-state index in [1.54, 1.807) is 15.9 Å². The molecule has 0 saturated carbocycles. The molecule has 9 heteroatoms. The molecule has 0 N–H and O–H groups in total. The van der Waals surface area contributed by atoms with Crippen molar-refractivity contribution in [2.45, 2.75) is 3.49 Å². The molecule has 0 amide bonds. The van der Waals surface area contributed by atoms with Gasteiger partial charge in [-0.15, -0.1) is 7.77 Å². The Morgan fingerprint density at radius 3 is 1.20 bits per heavy atom. The van der Waals surface area contributed by atoms with Crippen LogP contribution in [0.2, 0.25) is 0 Å². The predicted molar refractivity (Wildman–Crippen MR) is 32.8 cm³/mol. The minimum atomic E-state index is -5.41. The van der Waals surface area contributed by atoms with Crippen LogP contribution >= 0.6 is 15.9 Å². The molecule has 0 radical (unpaired) electrons. The van der Waals surface area contributed by atoms with E-state index in [1.165, 1.54) is 0 Å². The van der Waals surface area contributed by atoms with Gasteiger partial charge in [-0.05, 0) is 15.9 Å². The van der Waals surface area contributed by atoms with Crippen LogP contribution in [-0.4, -0.2) is 20.3 Å². The standard InChI is InChI=1S/CHBrF2O4S2/c2-1(9(3,5)6)10(4,7)8/h1H. The molecule has 0 saturated heterocycles. The third kappa shape index (κ3) is 2.88. The molecule has 0 atom stereocenters. The van der Waals surface area contributed by atoms with Crippen molar-refractivity contribution in [3.63, 3.8) is 0 Å². The molecule has 0 aliphatic heterocycles. The van der Waals surface area contributed by atoms with Crippen molar-refractivity contribution < 1.29 is 24.6 Å². The van der Waals surface area contributed by atoms with Gasteiger partial charge < -0.3 is 0 Å². The van der Waals surface area contributed by atoms with Gasteiger partial charge in [0, 0.05) is 0 Å². The van der Waals surface area contributed by atoms with Gasteiger partial charge in [-0.2, -0.15) is 16.8 Å². The maximum atomic E-state index is 11.6. The first kappa shape index (κ1) is 10.2. The minimum Gasteiger partial charge on any atom is -0.192 e. The average Bonchev–Trinajstić information content (AvgIpc) is 1.59. The highest BCUT2D eigenvalue weighted by atomic mass is 79.9. The Morgan fingerprint density at radius 2 is 1.20 bits per heavy atom. The molecule has 0 rings (SSSR count). The third-order valence-corrected chi connectivity index (χ3v) is 5.39. The SMILES string of the molecule is O=S(=O)(F)C(Br)S(=O)(=O)F. The van der Waals surface area contributed by atoms with Gasteiger partial charge in [-0.3, -0.25) is 0 Å². The van der Waals surface area contributed by atoms with Crippen LogP contribution in [0.15, 0.2) is 0 Å². The van der Waals surface area contributed by atoms with Crippen molar-refractivity contribution in [2.75, 3.05) is 0 Å². The Hall–Kier alpha value is 0.240. The van der Waals surface area contributed by atoms with Crippen molar-refractivity contribution in [2.24, 2.45) is 0 Å². The number of alkyl halides is 1. The van der Waals surface area contributed by atoms with E-state index in [9.17, 15) is 24.6 Å². The lowest BCUT2D eigenvalue weighted by Crippen LogP contribution is -2.16. The summed E-state index contributed by atoms with van der Waals surface area (Å²) in [5.74, 6) is 0. The van der Waals surface area contributed by atoms with E-state index in [-0.39, 0.29) is 0 Å². The summed E-state index contributed by atoms with van der Waals surface area (Å²) < 4.78 is 58.9. The molecular weight excluding hydrogens is 258 g/mol. The van der Waals surface area contributed by atoms with Crippen LogP contribution in [0.3, 0.4) is 0 Å². The summed E-state index contributed by atoms with van der Waals surface area (Å²) in [6, 6.07) is 0. The summed E-state index contributed by atoms with van der Waals surface area (Å²) in [6.07, 6.45) is 0. The molecule has 0 aromatic rings. The third-order valence-electron chi connectivity index (χ3n) is 0.443. The Balaban J connectivity index is 4.94. The maximum absolute atomic E-state index is 11.6. The second kappa shape index (κ2) is 2.70. The largest absolute Gasteiger partial charge is 0.332 e. The maximum Gasteiger partial charge on any atom is 0.332 e. The minimum absolute atomic E-state index is 1.79. The van der Waals surface area contributed by atoms with E-state index in [0.717, 1.165) is 0 Å². The highest BCUT2D eigenvalue weighted by Gasteiger charge is 2.35. The fourth-order valence-corrected chi connectivity index (χ4v) is 1.24. The van der Waals surface area contributed by atoms with E-state index >= 15 is 0 Å². The smallest absolute Gasteiger partial charge is 0.192 e. The number of rotatable bonds is 2. The van der Waals surface area contributed by atoms with Crippen LogP contribution < -0.4 is 0 Å². The van der Waals surface area contributed by atoms with Crippen LogP contribution in [0, 0.1) is 0 Å². The van der Waals surface area contributed by atoms with E-state index in [2.05, 4.69) is 0 Å². The molecule has 0 aromatic carbocycles. The monoisotopic (exact) mass is 258 g/mol. The lowest BCUT2D eigenvalue weighted by atomic mass is 11.9. The van der Waals surface area contributed by atoms with E-state index in [0.29, 0.717) is 0 Å². The summed E-state index contributed by atoms with van der Waals surface area (Å²) in [7, 11) is -10.8. The lowest BCUT2D eigenvalue weighted by Gasteiger charge is -1.95. The molecule has 0 aliphatic carbocycles. The molecule has 0 bridgehead atoms. The Labute approximate surface area is 64.8 Å². The summed E-state index contributed by atoms with van der Waals surface area (Å²) in [5.41, 5.74) is 0. The van der Waals surface area contributed by atoms with Gasteiger partial charge in [0.2, 0.25) is 0 Å². The van der Waals surface area contributed by atoms with Crippen molar-refractivity contribution in [3.8, 4) is 0 Å². The van der Waals surface area contributed by atoms with Gasteiger partial charge in [0.05, 0.1) is 0 Å². The fraction of sp³-hybridized carbons (Fsp3) is 1.00. The topological polar surface area (TPSA) is 68.3 Å². The zero-order valence-corrected chi connectivity index (χ0v) is 7.38. The van der Waals surface area contributed by atoms with Crippen LogP contribution in [-0.2, 0) is 20.4 Å². The van der Waals surface area contributed by atoms with Gasteiger partial charge in [-0.1, -0.05) is 0 Å². The first-order valence-electron chi connectivity index (χ1n) is 1.66.